The molecule has 1 aliphatic heterocycles. The van der Waals surface area contributed by atoms with Crippen LogP contribution in [0, 0.1) is 19.7 Å². The number of nitrogens with one attached hydrogen (secondary N) is 1. The van der Waals surface area contributed by atoms with Crippen molar-refractivity contribution < 1.29 is 13.9 Å². The molecule has 0 amide bonds. The first kappa shape index (κ1) is 17.1. The van der Waals surface area contributed by atoms with Gasteiger partial charge in [-0.25, -0.2) is 4.39 Å². The fourth-order valence-electron chi connectivity index (χ4n) is 3.13. The Morgan fingerprint density at radius 1 is 1.17 bits per heavy atom. The zero-order chi connectivity index (χ0) is 17.1. The van der Waals surface area contributed by atoms with Crippen molar-refractivity contribution in [3.8, 4) is 0 Å². The predicted octanol–water partition coefficient (Wildman–Crippen LogP) is 4.21. The van der Waals surface area contributed by atoms with Gasteiger partial charge in [-0.05, 0) is 43.0 Å². The van der Waals surface area contributed by atoms with Gasteiger partial charge in [-0.3, -0.25) is 0 Å². The standard InChI is InChI=1S/C20H24FNO2/c1-13-11-17(12-14(2)18(13)21)15(3)24-20-19(22-9-10-23-20)16-7-5-4-6-8-16/h4-8,11-12,15,19-20,22H,9-10H2,1-3H3. The van der Waals surface area contributed by atoms with E-state index in [0.717, 1.165) is 17.7 Å². The first-order valence-electron chi connectivity index (χ1n) is 8.38. The maximum atomic E-state index is 13.8. The van der Waals surface area contributed by atoms with E-state index in [1.54, 1.807) is 13.8 Å². The fourth-order valence-corrected chi connectivity index (χ4v) is 3.13. The summed E-state index contributed by atoms with van der Waals surface area (Å²) in [5, 5.41) is 3.46. The van der Waals surface area contributed by atoms with E-state index in [0.29, 0.717) is 17.7 Å². The summed E-state index contributed by atoms with van der Waals surface area (Å²) in [7, 11) is 0. The van der Waals surface area contributed by atoms with E-state index in [1.165, 1.54) is 0 Å². The van der Waals surface area contributed by atoms with Gasteiger partial charge in [0.25, 0.3) is 0 Å². The van der Waals surface area contributed by atoms with Crippen LogP contribution in [0.15, 0.2) is 42.5 Å². The van der Waals surface area contributed by atoms with Gasteiger partial charge in [0.05, 0.1) is 18.8 Å². The zero-order valence-corrected chi connectivity index (χ0v) is 14.4. The molecule has 24 heavy (non-hydrogen) atoms. The van der Waals surface area contributed by atoms with Crippen LogP contribution in [0.1, 0.15) is 41.3 Å². The highest BCUT2D eigenvalue weighted by Crippen LogP contribution is 2.29. The molecular weight excluding hydrogens is 305 g/mol. The van der Waals surface area contributed by atoms with Crippen LogP contribution in [-0.2, 0) is 9.47 Å². The molecule has 1 aliphatic rings. The van der Waals surface area contributed by atoms with Crippen LogP contribution in [0.4, 0.5) is 4.39 Å². The van der Waals surface area contributed by atoms with Crippen LogP contribution in [0.3, 0.4) is 0 Å². The Labute approximate surface area is 142 Å². The summed E-state index contributed by atoms with van der Waals surface area (Å²) in [6, 6.07) is 13.8. The van der Waals surface area contributed by atoms with Crippen LogP contribution in [0.25, 0.3) is 0 Å². The number of morpholine rings is 1. The van der Waals surface area contributed by atoms with Gasteiger partial charge in [0.1, 0.15) is 5.82 Å². The van der Waals surface area contributed by atoms with Crippen LogP contribution in [0.5, 0.6) is 0 Å². The SMILES string of the molecule is Cc1cc(C(C)OC2OCCNC2c2ccccc2)cc(C)c1F. The topological polar surface area (TPSA) is 30.5 Å². The summed E-state index contributed by atoms with van der Waals surface area (Å²) >= 11 is 0. The second-order valence-corrected chi connectivity index (χ2v) is 6.33. The van der Waals surface area contributed by atoms with E-state index in [9.17, 15) is 4.39 Å². The van der Waals surface area contributed by atoms with Crippen molar-refractivity contribution in [3.05, 3.63) is 70.5 Å². The fraction of sp³-hybridized carbons (Fsp3) is 0.400. The van der Waals surface area contributed by atoms with Gasteiger partial charge in [-0.2, -0.15) is 0 Å². The molecular formula is C20H24FNO2. The van der Waals surface area contributed by atoms with Crippen LogP contribution in [0.2, 0.25) is 0 Å². The van der Waals surface area contributed by atoms with Gasteiger partial charge in [0.2, 0.25) is 0 Å². The summed E-state index contributed by atoms with van der Waals surface area (Å²) < 4.78 is 25.9. The number of aryl methyl sites for hydroxylation is 2. The van der Waals surface area contributed by atoms with Gasteiger partial charge in [0.15, 0.2) is 6.29 Å². The third-order valence-corrected chi connectivity index (χ3v) is 4.45. The largest absolute Gasteiger partial charge is 0.349 e. The summed E-state index contributed by atoms with van der Waals surface area (Å²) in [5.41, 5.74) is 3.39. The molecule has 3 unspecified atom stereocenters. The number of rotatable bonds is 4. The van der Waals surface area contributed by atoms with Gasteiger partial charge < -0.3 is 14.8 Å². The average molecular weight is 329 g/mol. The van der Waals surface area contributed by atoms with E-state index >= 15 is 0 Å². The highest BCUT2D eigenvalue weighted by atomic mass is 19.1. The van der Waals surface area contributed by atoms with E-state index in [-0.39, 0.29) is 24.3 Å². The maximum Gasteiger partial charge on any atom is 0.177 e. The number of ether oxygens (including phenoxy) is 2. The molecule has 2 aromatic rings. The molecule has 0 radical (unpaired) electrons. The molecule has 3 atom stereocenters. The first-order valence-corrected chi connectivity index (χ1v) is 8.38. The molecule has 0 saturated carbocycles. The molecule has 0 bridgehead atoms. The summed E-state index contributed by atoms with van der Waals surface area (Å²) in [5.74, 6) is -0.149. The number of hydrogen-bond donors (Lipinski definition) is 1. The van der Waals surface area contributed by atoms with E-state index in [2.05, 4.69) is 17.4 Å². The molecule has 1 fully saturated rings. The van der Waals surface area contributed by atoms with E-state index < -0.39 is 0 Å². The van der Waals surface area contributed by atoms with E-state index in [4.69, 9.17) is 9.47 Å². The molecule has 0 aliphatic carbocycles. The Balaban J connectivity index is 1.78. The minimum atomic E-state index is -0.373. The Kier molecular flexibility index (Phi) is 5.29. The molecule has 0 aromatic heterocycles. The van der Waals surface area contributed by atoms with Gasteiger partial charge in [0, 0.05) is 6.54 Å². The van der Waals surface area contributed by atoms with E-state index in [1.807, 2.05) is 37.3 Å². The highest BCUT2D eigenvalue weighted by molar-refractivity contribution is 5.31. The molecule has 128 valence electrons. The summed E-state index contributed by atoms with van der Waals surface area (Å²) in [4.78, 5) is 0. The number of halogens is 1. The Morgan fingerprint density at radius 3 is 2.50 bits per heavy atom. The lowest BCUT2D eigenvalue weighted by Gasteiger charge is -2.34. The third-order valence-electron chi connectivity index (χ3n) is 4.45. The number of hydrogen-bond acceptors (Lipinski definition) is 3. The minimum Gasteiger partial charge on any atom is -0.349 e. The van der Waals surface area contributed by atoms with Crippen molar-refractivity contribution in [3.63, 3.8) is 0 Å². The van der Waals surface area contributed by atoms with Crippen LogP contribution in [-0.4, -0.2) is 19.4 Å². The average Bonchev–Trinajstić information content (AvgIpc) is 2.60. The molecule has 3 nitrogen and oxygen atoms in total. The Bertz CT molecular complexity index is 666. The Hall–Kier alpha value is -1.75. The quantitative estimate of drug-likeness (QED) is 0.911. The molecule has 0 spiro atoms. The van der Waals surface area contributed by atoms with Gasteiger partial charge >= 0.3 is 0 Å². The molecule has 3 rings (SSSR count). The summed E-state index contributed by atoms with van der Waals surface area (Å²) in [6.07, 6.45) is -0.555. The van der Waals surface area contributed by atoms with Gasteiger partial charge in [-0.1, -0.05) is 42.5 Å². The molecule has 2 aromatic carbocycles. The van der Waals surface area contributed by atoms with Crippen molar-refractivity contribution in [1.82, 2.24) is 5.32 Å². The van der Waals surface area contributed by atoms with Crippen LogP contribution < -0.4 is 5.32 Å². The van der Waals surface area contributed by atoms with Crippen molar-refractivity contribution in [1.29, 1.82) is 0 Å². The normalized spacial score (nSPS) is 22.3. The second-order valence-electron chi connectivity index (χ2n) is 6.33. The first-order chi connectivity index (χ1) is 11.6. The minimum absolute atomic E-state index is 0.00922. The molecule has 1 N–H and O–H groups in total. The van der Waals surface area contributed by atoms with Crippen molar-refractivity contribution in [2.24, 2.45) is 0 Å². The third kappa shape index (κ3) is 3.66. The monoisotopic (exact) mass is 329 g/mol. The molecule has 4 heteroatoms. The highest BCUT2D eigenvalue weighted by Gasteiger charge is 2.29. The predicted molar refractivity (Wildman–Crippen MR) is 92.3 cm³/mol. The number of benzene rings is 2. The van der Waals surface area contributed by atoms with Crippen molar-refractivity contribution >= 4 is 0 Å². The Morgan fingerprint density at radius 2 is 1.83 bits per heavy atom. The van der Waals surface area contributed by atoms with Crippen molar-refractivity contribution in [2.75, 3.05) is 13.2 Å². The lowest BCUT2D eigenvalue weighted by Crippen LogP contribution is -2.43. The molecule has 1 heterocycles. The lowest BCUT2D eigenvalue weighted by atomic mass is 10.0. The lowest BCUT2D eigenvalue weighted by molar-refractivity contribution is -0.200. The van der Waals surface area contributed by atoms with Crippen molar-refractivity contribution in [2.45, 2.75) is 39.2 Å². The van der Waals surface area contributed by atoms with Crippen LogP contribution >= 0.6 is 0 Å². The smallest absolute Gasteiger partial charge is 0.177 e. The maximum absolute atomic E-state index is 13.8. The summed E-state index contributed by atoms with van der Waals surface area (Å²) in [6.45, 7) is 6.95. The second kappa shape index (κ2) is 7.43. The molecule has 1 saturated heterocycles. The van der Waals surface area contributed by atoms with Gasteiger partial charge in [-0.15, -0.1) is 0 Å². The zero-order valence-electron chi connectivity index (χ0n) is 14.4.